The molecule has 1 aromatic rings. The van der Waals surface area contributed by atoms with Crippen molar-refractivity contribution in [2.75, 3.05) is 30.0 Å². The van der Waals surface area contributed by atoms with Crippen LogP contribution in [0.15, 0.2) is 12.1 Å². The first kappa shape index (κ1) is 16.1. The minimum Gasteiger partial charge on any atom is -0.377 e. The molecule has 2 aliphatic heterocycles. The Hall–Kier alpha value is -0.740. The van der Waals surface area contributed by atoms with E-state index >= 15 is 0 Å². The molecule has 0 unspecified atom stereocenters. The summed E-state index contributed by atoms with van der Waals surface area (Å²) in [5.41, 5.74) is 2.93. The largest absolute Gasteiger partial charge is 0.377 e. The van der Waals surface area contributed by atoms with Crippen molar-refractivity contribution >= 4 is 17.6 Å². The highest BCUT2D eigenvalue weighted by atomic mass is 32.2. The van der Waals surface area contributed by atoms with E-state index in [1.807, 2.05) is 11.8 Å². The molecule has 0 spiro atoms. The lowest BCUT2D eigenvalue weighted by atomic mass is 9.90. The molecule has 1 N–H and O–H groups in total. The fraction of sp³-hybridized carbons (Fsp3) is 0.722. The number of nitrogens with one attached hydrogen (secondary N) is 1. The lowest BCUT2D eigenvalue weighted by molar-refractivity contribution is 0.00515. The first-order valence-electron chi connectivity index (χ1n) is 8.57. The predicted octanol–water partition coefficient (Wildman–Crippen LogP) is 3.92. The van der Waals surface area contributed by atoms with Gasteiger partial charge in [0.1, 0.15) is 5.82 Å². The number of unbranched alkanes of at least 4 members (excludes halogenated alkanes) is 1. The standard InChI is InChI=1S/C18H28N2OS/c1-18(2)13-22-12-16(18)21-11-4-3-7-15-9-8-14-6-5-10-19-17(14)20-15/h8-9,16H,3-7,10-13H2,1-2H3,(H,19,20)/t16-/m1/s1. The number of fused-ring (bicyclic) bond motifs is 1. The normalized spacial score (nSPS) is 23.1. The molecule has 4 heteroatoms. The van der Waals surface area contributed by atoms with E-state index in [-0.39, 0.29) is 0 Å². The van der Waals surface area contributed by atoms with Gasteiger partial charge < -0.3 is 10.1 Å². The molecule has 0 saturated carbocycles. The molecule has 1 aromatic heterocycles. The molecule has 2 aliphatic rings. The van der Waals surface area contributed by atoms with Gasteiger partial charge in [-0.25, -0.2) is 4.98 Å². The van der Waals surface area contributed by atoms with E-state index in [1.54, 1.807) is 0 Å². The molecule has 1 fully saturated rings. The van der Waals surface area contributed by atoms with Crippen LogP contribution >= 0.6 is 11.8 Å². The Morgan fingerprint density at radius 3 is 3.09 bits per heavy atom. The van der Waals surface area contributed by atoms with Crippen LogP contribution in [0.3, 0.4) is 0 Å². The van der Waals surface area contributed by atoms with Crippen molar-refractivity contribution in [2.45, 2.75) is 52.1 Å². The second-order valence-electron chi connectivity index (χ2n) is 7.16. The van der Waals surface area contributed by atoms with Crippen LogP contribution in [0, 0.1) is 5.41 Å². The maximum atomic E-state index is 6.09. The molecule has 0 radical (unpaired) electrons. The van der Waals surface area contributed by atoms with Gasteiger partial charge in [-0.2, -0.15) is 11.8 Å². The summed E-state index contributed by atoms with van der Waals surface area (Å²) in [6, 6.07) is 4.45. The van der Waals surface area contributed by atoms with Crippen LogP contribution in [-0.4, -0.2) is 35.7 Å². The molecular weight excluding hydrogens is 292 g/mol. The summed E-state index contributed by atoms with van der Waals surface area (Å²) in [6.45, 7) is 6.59. The quantitative estimate of drug-likeness (QED) is 0.806. The number of hydrogen-bond acceptors (Lipinski definition) is 4. The highest BCUT2D eigenvalue weighted by Gasteiger charge is 2.35. The lowest BCUT2D eigenvalue weighted by Gasteiger charge is -2.25. The van der Waals surface area contributed by atoms with Crippen LogP contribution in [0.4, 0.5) is 5.82 Å². The third kappa shape index (κ3) is 3.96. The maximum Gasteiger partial charge on any atom is 0.129 e. The van der Waals surface area contributed by atoms with Gasteiger partial charge in [0, 0.05) is 35.8 Å². The Morgan fingerprint density at radius 1 is 1.36 bits per heavy atom. The van der Waals surface area contributed by atoms with Gasteiger partial charge in [0.2, 0.25) is 0 Å². The number of pyridine rings is 1. The van der Waals surface area contributed by atoms with Gasteiger partial charge in [0.15, 0.2) is 0 Å². The smallest absolute Gasteiger partial charge is 0.129 e. The Kier molecular flexibility index (Phi) is 5.29. The highest BCUT2D eigenvalue weighted by molar-refractivity contribution is 7.99. The summed E-state index contributed by atoms with van der Waals surface area (Å²) < 4.78 is 6.09. The Morgan fingerprint density at radius 2 is 2.27 bits per heavy atom. The van der Waals surface area contributed by atoms with Crippen LogP contribution in [-0.2, 0) is 17.6 Å². The van der Waals surface area contributed by atoms with E-state index in [0.29, 0.717) is 11.5 Å². The molecule has 0 bridgehead atoms. The van der Waals surface area contributed by atoms with E-state index in [9.17, 15) is 0 Å². The number of aromatic nitrogens is 1. The van der Waals surface area contributed by atoms with E-state index in [2.05, 4.69) is 31.3 Å². The first-order chi connectivity index (χ1) is 10.6. The minimum absolute atomic E-state index is 0.344. The third-order valence-corrected chi connectivity index (χ3v) is 6.20. The number of thioether (sulfide) groups is 1. The van der Waals surface area contributed by atoms with Crippen LogP contribution in [0.2, 0.25) is 0 Å². The molecule has 0 aliphatic carbocycles. The predicted molar refractivity (Wildman–Crippen MR) is 94.8 cm³/mol. The summed E-state index contributed by atoms with van der Waals surface area (Å²) in [6.07, 6.45) is 6.17. The van der Waals surface area contributed by atoms with Crippen molar-refractivity contribution in [3.63, 3.8) is 0 Å². The monoisotopic (exact) mass is 320 g/mol. The van der Waals surface area contributed by atoms with Crippen molar-refractivity contribution in [2.24, 2.45) is 5.41 Å². The van der Waals surface area contributed by atoms with Crippen molar-refractivity contribution in [3.8, 4) is 0 Å². The van der Waals surface area contributed by atoms with Crippen LogP contribution in [0.5, 0.6) is 0 Å². The molecule has 3 rings (SSSR count). The van der Waals surface area contributed by atoms with E-state index in [4.69, 9.17) is 9.72 Å². The molecule has 0 amide bonds. The topological polar surface area (TPSA) is 34.1 Å². The van der Waals surface area contributed by atoms with E-state index in [1.165, 1.54) is 29.9 Å². The summed E-state index contributed by atoms with van der Waals surface area (Å²) >= 11 is 2.02. The number of nitrogens with zero attached hydrogens (tertiary/aromatic N) is 1. The Labute approximate surface area is 138 Å². The number of hydrogen-bond donors (Lipinski definition) is 1. The van der Waals surface area contributed by atoms with Gasteiger partial charge in [-0.3, -0.25) is 0 Å². The second-order valence-corrected chi connectivity index (χ2v) is 8.19. The minimum atomic E-state index is 0.344. The maximum absolute atomic E-state index is 6.09. The van der Waals surface area contributed by atoms with Crippen LogP contribution < -0.4 is 5.32 Å². The van der Waals surface area contributed by atoms with Crippen molar-refractivity contribution < 1.29 is 4.74 Å². The zero-order valence-corrected chi connectivity index (χ0v) is 14.7. The third-order valence-electron chi connectivity index (χ3n) is 4.71. The Bertz CT molecular complexity index is 504. The van der Waals surface area contributed by atoms with Gasteiger partial charge in [0.05, 0.1) is 6.10 Å². The average molecular weight is 321 g/mol. The number of aryl methyl sites for hydroxylation is 2. The lowest BCUT2D eigenvalue weighted by Crippen LogP contribution is -2.30. The van der Waals surface area contributed by atoms with E-state index in [0.717, 1.165) is 44.0 Å². The zero-order chi connectivity index (χ0) is 15.4. The summed E-state index contributed by atoms with van der Waals surface area (Å²) in [5.74, 6) is 3.50. The fourth-order valence-electron chi connectivity index (χ4n) is 3.16. The van der Waals surface area contributed by atoms with Gasteiger partial charge in [-0.1, -0.05) is 19.9 Å². The van der Waals surface area contributed by atoms with E-state index < -0.39 is 0 Å². The Balaban J connectivity index is 1.38. The van der Waals surface area contributed by atoms with Crippen molar-refractivity contribution in [3.05, 3.63) is 23.4 Å². The molecule has 3 nitrogen and oxygen atoms in total. The molecule has 1 atom stereocenters. The van der Waals surface area contributed by atoms with Gasteiger partial charge in [-0.15, -0.1) is 0 Å². The first-order valence-corrected chi connectivity index (χ1v) is 9.73. The highest BCUT2D eigenvalue weighted by Crippen LogP contribution is 2.37. The molecule has 22 heavy (non-hydrogen) atoms. The van der Waals surface area contributed by atoms with Gasteiger partial charge in [0.25, 0.3) is 0 Å². The van der Waals surface area contributed by atoms with Crippen LogP contribution in [0.1, 0.15) is 44.4 Å². The van der Waals surface area contributed by atoms with Gasteiger partial charge >= 0.3 is 0 Å². The van der Waals surface area contributed by atoms with Gasteiger partial charge in [-0.05, 0) is 43.7 Å². The van der Waals surface area contributed by atoms with Crippen molar-refractivity contribution in [1.29, 1.82) is 0 Å². The zero-order valence-electron chi connectivity index (χ0n) is 13.9. The van der Waals surface area contributed by atoms with Crippen LogP contribution in [0.25, 0.3) is 0 Å². The molecule has 0 aromatic carbocycles. The number of ether oxygens (including phenoxy) is 1. The number of rotatable bonds is 6. The fourth-order valence-corrected chi connectivity index (χ4v) is 4.75. The summed E-state index contributed by atoms with van der Waals surface area (Å²) in [4.78, 5) is 4.76. The molecule has 3 heterocycles. The average Bonchev–Trinajstić information content (AvgIpc) is 2.85. The second kappa shape index (κ2) is 7.22. The summed E-state index contributed by atoms with van der Waals surface area (Å²) in [5, 5.41) is 3.41. The summed E-state index contributed by atoms with van der Waals surface area (Å²) in [7, 11) is 0. The molecular formula is C18H28N2OS. The van der Waals surface area contributed by atoms with Crippen molar-refractivity contribution in [1.82, 2.24) is 4.98 Å². The molecule has 1 saturated heterocycles. The SMILES string of the molecule is CC1(C)CSC[C@H]1OCCCCc1ccc2c(n1)NCCC2. The number of anilines is 1. The molecule has 122 valence electrons.